The highest BCUT2D eigenvalue weighted by molar-refractivity contribution is 5.97. The van der Waals surface area contributed by atoms with Crippen molar-refractivity contribution in [2.24, 2.45) is 5.92 Å². The number of rotatable bonds is 2. The highest BCUT2D eigenvalue weighted by Crippen LogP contribution is 2.07. The van der Waals surface area contributed by atoms with Gasteiger partial charge in [-0.25, -0.2) is 0 Å². The fourth-order valence-corrected chi connectivity index (χ4v) is 0.471. The summed E-state index contributed by atoms with van der Waals surface area (Å²) in [6.45, 7) is 7.71. The summed E-state index contributed by atoms with van der Waals surface area (Å²) in [5.41, 5.74) is -0.232. The molecule has 0 N–H and O–H groups in total. The van der Waals surface area contributed by atoms with Gasteiger partial charge in [0.2, 0.25) is 5.78 Å². The number of nitrogens with zero attached hydrogens (tertiary/aromatic N) is 1. The molecule has 0 saturated carbocycles. The molecule has 0 fully saturated rings. The molecule has 0 saturated heterocycles. The average Bonchev–Trinajstić information content (AvgIpc) is 1.99. The molecule has 74 valence electrons. The van der Waals surface area contributed by atoms with Crippen LogP contribution in [-0.2, 0) is 4.79 Å². The molecular formula is C11H19NO. The Kier molecular flexibility index (Phi) is 4.16. The Morgan fingerprint density at radius 3 is 2.08 bits per heavy atom. The van der Waals surface area contributed by atoms with E-state index in [9.17, 15) is 4.79 Å². The quantitative estimate of drug-likeness (QED) is 0.476. The Hall–Kier alpha value is -0.810. The predicted molar refractivity (Wildman–Crippen MR) is 55.4 cm³/mol. The molecule has 0 amide bonds. The monoisotopic (exact) mass is 181 g/mol. The number of ketones is 1. The number of carbonyl (C=O) groups excluding carboxylic acids is 1. The summed E-state index contributed by atoms with van der Waals surface area (Å²) < 4.78 is 0. The van der Waals surface area contributed by atoms with Gasteiger partial charge in [0.1, 0.15) is 0 Å². The maximum atomic E-state index is 11.2. The van der Waals surface area contributed by atoms with Crippen LogP contribution in [0, 0.1) is 17.8 Å². The molecule has 0 atom stereocenters. The Morgan fingerprint density at radius 1 is 1.31 bits per heavy atom. The second-order valence-corrected chi connectivity index (χ2v) is 4.22. The second kappa shape index (κ2) is 4.43. The lowest BCUT2D eigenvalue weighted by Crippen LogP contribution is -2.36. The highest BCUT2D eigenvalue weighted by Gasteiger charge is 2.16. The SMILES string of the molecule is CC(C)C(=O)C#CC(C)(C)N(C)C. The topological polar surface area (TPSA) is 20.3 Å². The third kappa shape index (κ3) is 4.10. The van der Waals surface area contributed by atoms with Crippen LogP contribution in [0.25, 0.3) is 0 Å². The van der Waals surface area contributed by atoms with Gasteiger partial charge in [-0.3, -0.25) is 9.69 Å². The van der Waals surface area contributed by atoms with Gasteiger partial charge in [0.25, 0.3) is 0 Å². The van der Waals surface area contributed by atoms with E-state index in [-0.39, 0.29) is 17.2 Å². The van der Waals surface area contributed by atoms with Gasteiger partial charge in [0.15, 0.2) is 0 Å². The first-order valence-electron chi connectivity index (χ1n) is 4.52. The summed E-state index contributed by atoms with van der Waals surface area (Å²) in [7, 11) is 3.91. The van der Waals surface area contributed by atoms with Crippen LogP contribution in [0.3, 0.4) is 0 Å². The fraction of sp³-hybridized carbons (Fsp3) is 0.727. The van der Waals surface area contributed by atoms with Crippen molar-refractivity contribution in [1.82, 2.24) is 4.90 Å². The lowest BCUT2D eigenvalue weighted by molar-refractivity contribution is -0.116. The zero-order valence-corrected chi connectivity index (χ0v) is 9.43. The van der Waals surface area contributed by atoms with Gasteiger partial charge in [0.05, 0.1) is 5.54 Å². The van der Waals surface area contributed by atoms with E-state index >= 15 is 0 Å². The average molecular weight is 181 g/mol. The molecule has 0 heterocycles. The molecule has 0 aliphatic heterocycles. The van der Waals surface area contributed by atoms with E-state index in [4.69, 9.17) is 0 Å². The lowest BCUT2D eigenvalue weighted by Gasteiger charge is -2.26. The number of Topliss-reactive ketones (excluding diaryl/α,β-unsaturated/α-hetero) is 1. The van der Waals surface area contributed by atoms with Crippen LogP contribution >= 0.6 is 0 Å². The number of hydrogen-bond donors (Lipinski definition) is 0. The van der Waals surface area contributed by atoms with Crippen LogP contribution in [0.1, 0.15) is 27.7 Å². The highest BCUT2D eigenvalue weighted by atomic mass is 16.1. The normalized spacial score (nSPS) is 11.4. The molecule has 0 rings (SSSR count). The van der Waals surface area contributed by atoms with Crippen molar-refractivity contribution < 1.29 is 4.79 Å². The molecule has 0 aromatic rings. The standard InChI is InChI=1S/C11H19NO/c1-9(2)10(13)7-8-11(3,4)12(5)6/h9H,1-6H3. The molecule has 2 nitrogen and oxygen atoms in total. The van der Waals surface area contributed by atoms with Crippen LogP contribution in [0.4, 0.5) is 0 Å². The number of carbonyl (C=O) groups is 1. The predicted octanol–water partition coefficient (Wildman–Crippen LogP) is 1.56. The summed E-state index contributed by atoms with van der Waals surface area (Å²) in [4.78, 5) is 13.2. The largest absolute Gasteiger partial charge is 0.294 e. The van der Waals surface area contributed by atoms with Crippen molar-refractivity contribution in [3.05, 3.63) is 0 Å². The Morgan fingerprint density at radius 2 is 1.77 bits per heavy atom. The van der Waals surface area contributed by atoms with Gasteiger partial charge < -0.3 is 0 Å². The van der Waals surface area contributed by atoms with Crippen LogP contribution < -0.4 is 0 Å². The minimum atomic E-state index is -0.232. The molecule has 0 bridgehead atoms. The first-order valence-corrected chi connectivity index (χ1v) is 4.52. The minimum absolute atomic E-state index is 0.00506. The molecule has 0 aliphatic carbocycles. The second-order valence-electron chi connectivity index (χ2n) is 4.22. The van der Waals surface area contributed by atoms with Crippen molar-refractivity contribution in [3.8, 4) is 11.8 Å². The van der Waals surface area contributed by atoms with Gasteiger partial charge in [0, 0.05) is 5.92 Å². The Bertz CT molecular complexity index is 241. The molecule has 0 aliphatic rings. The van der Waals surface area contributed by atoms with Crippen LogP contribution in [0.2, 0.25) is 0 Å². The third-order valence-electron chi connectivity index (χ3n) is 2.13. The summed E-state index contributed by atoms with van der Waals surface area (Å²) in [6.07, 6.45) is 0. The summed E-state index contributed by atoms with van der Waals surface area (Å²) in [5, 5.41) is 0. The van der Waals surface area contributed by atoms with Crippen molar-refractivity contribution in [1.29, 1.82) is 0 Å². The van der Waals surface area contributed by atoms with E-state index in [1.165, 1.54) is 0 Å². The van der Waals surface area contributed by atoms with E-state index in [1.807, 2.05) is 46.7 Å². The molecule has 13 heavy (non-hydrogen) atoms. The molecule has 0 radical (unpaired) electrons. The first-order chi connectivity index (χ1) is 5.77. The minimum Gasteiger partial charge on any atom is -0.294 e. The Labute approximate surface area is 81.3 Å². The van der Waals surface area contributed by atoms with E-state index in [2.05, 4.69) is 11.8 Å². The zero-order valence-electron chi connectivity index (χ0n) is 9.43. The van der Waals surface area contributed by atoms with Crippen molar-refractivity contribution in [3.63, 3.8) is 0 Å². The van der Waals surface area contributed by atoms with Crippen LogP contribution in [0.15, 0.2) is 0 Å². The molecule has 0 spiro atoms. The fourth-order valence-electron chi connectivity index (χ4n) is 0.471. The van der Waals surface area contributed by atoms with Gasteiger partial charge in [-0.05, 0) is 33.9 Å². The van der Waals surface area contributed by atoms with Crippen LogP contribution in [-0.4, -0.2) is 30.3 Å². The summed E-state index contributed by atoms with van der Waals surface area (Å²) in [6, 6.07) is 0. The smallest absolute Gasteiger partial charge is 0.208 e. The van der Waals surface area contributed by atoms with Gasteiger partial charge in [-0.15, -0.1) is 0 Å². The van der Waals surface area contributed by atoms with E-state index in [0.717, 1.165) is 0 Å². The third-order valence-corrected chi connectivity index (χ3v) is 2.13. The van der Waals surface area contributed by atoms with E-state index in [0.29, 0.717) is 0 Å². The number of hydrogen-bond acceptors (Lipinski definition) is 2. The summed E-state index contributed by atoms with van der Waals surface area (Å²) >= 11 is 0. The zero-order chi connectivity index (χ0) is 10.6. The molecule has 0 aromatic heterocycles. The van der Waals surface area contributed by atoms with Gasteiger partial charge in [-0.1, -0.05) is 19.8 Å². The molecule has 0 aromatic carbocycles. The van der Waals surface area contributed by atoms with Crippen molar-refractivity contribution >= 4 is 5.78 Å². The Balaban J connectivity index is 4.50. The lowest BCUT2D eigenvalue weighted by atomic mass is 10.0. The van der Waals surface area contributed by atoms with Crippen molar-refractivity contribution in [2.75, 3.05) is 14.1 Å². The first kappa shape index (κ1) is 12.2. The summed E-state index contributed by atoms with van der Waals surface area (Å²) in [5.74, 6) is 5.65. The maximum absolute atomic E-state index is 11.2. The maximum Gasteiger partial charge on any atom is 0.208 e. The van der Waals surface area contributed by atoms with Gasteiger partial charge >= 0.3 is 0 Å². The molecular weight excluding hydrogens is 162 g/mol. The molecule has 2 heteroatoms. The van der Waals surface area contributed by atoms with Crippen molar-refractivity contribution in [2.45, 2.75) is 33.2 Å². The van der Waals surface area contributed by atoms with Crippen LogP contribution in [0.5, 0.6) is 0 Å². The van der Waals surface area contributed by atoms with Gasteiger partial charge in [-0.2, -0.15) is 0 Å². The van der Waals surface area contributed by atoms with E-state index in [1.54, 1.807) is 0 Å². The van der Waals surface area contributed by atoms with E-state index < -0.39 is 0 Å². The molecule has 0 unspecified atom stereocenters.